The summed E-state index contributed by atoms with van der Waals surface area (Å²) < 4.78 is 0. The van der Waals surface area contributed by atoms with E-state index in [9.17, 15) is 9.59 Å². The summed E-state index contributed by atoms with van der Waals surface area (Å²) in [6, 6.07) is 0.624. The van der Waals surface area contributed by atoms with Crippen molar-refractivity contribution in [3.8, 4) is 0 Å². The SMILES string of the molecule is CN(CC(=O)NC1CC1)C(=O)CN1CCCCC1CCO. The van der Waals surface area contributed by atoms with E-state index in [1.807, 2.05) is 0 Å². The minimum Gasteiger partial charge on any atom is -0.396 e. The predicted molar refractivity (Wildman–Crippen MR) is 79.7 cm³/mol. The van der Waals surface area contributed by atoms with Crippen LogP contribution >= 0.6 is 0 Å². The number of nitrogens with zero attached hydrogens (tertiary/aromatic N) is 2. The molecule has 1 aliphatic heterocycles. The van der Waals surface area contributed by atoms with Crippen LogP contribution in [0.4, 0.5) is 0 Å². The van der Waals surface area contributed by atoms with Crippen molar-refractivity contribution in [1.82, 2.24) is 15.1 Å². The van der Waals surface area contributed by atoms with Crippen molar-refractivity contribution < 1.29 is 14.7 Å². The van der Waals surface area contributed by atoms with Gasteiger partial charge in [-0.25, -0.2) is 0 Å². The Morgan fingerprint density at radius 2 is 2.05 bits per heavy atom. The van der Waals surface area contributed by atoms with Crippen LogP contribution in [0.25, 0.3) is 0 Å². The molecule has 6 nitrogen and oxygen atoms in total. The molecule has 1 aliphatic carbocycles. The molecular weight excluding hydrogens is 270 g/mol. The lowest BCUT2D eigenvalue weighted by Crippen LogP contribution is -2.48. The molecule has 0 aromatic carbocycles. The number of carbonyl (C=O) groups is 2. The van der Waals surface area contributed by atoms with Crippen LogP contribution in [0.3, 0.4) is 0 Å². The van der Waals surface area contributed by atoms with E-state index in [2.05, 4.69) is 10.2 Å². The number of hydrogen-bond acceptors (Lipinski definition) is 4. The van der Waals surface area contributed by atoms with Gasteiger partial charge >= 0.3 is 0 Å². The van der Waals surface area contributed by atoms with Crippen molar-refractivity contribution in [2.45, 2.75) is 50.6 Å². The van der Waals surface area contributed by atoms with Gasteiger partial charge in [0.05, 0.1) is 13.1 Å². The van der Waals surface area contributed by atoms with E-state index in [0.717, 1.165) is 45.1 Å². The van der Waals surface area contributed by atoms with Gasteiger partial charge in [-0.05, 0) is 38.6 Å². The number of aliphatic hydroxyl groups is 1. The first-order chi connectivity index (χ1) is 10.1. The summed E-state index contributed by atoms with van der Waals surface area (Å²) in [5, 5.41) is 12.0. The van der Waals surface area contributed by atoms with Gasteiger partial charge in [0.1, 0.15) is 0 Å². The Bertz CT molecular complexity index is 369. The van der Waals surface area contributed by atoms with Gasteiger partial charge < -0.3 is 15.3 Å². The zero-order valence-electron chi connectivity index (χ0n) is 12.9. The number of hydrogen-bond donors (Lipinski definition) is 2. The number of amides is 2. The van der Waals surface area contributed by atoms with E-state index in [1.54, 1.807) is 7.05 Å². The van der Waals surface area contributed by atoms with Crippen LogP contribution in [0.1, 0.15) is 38.5 Å². The van der Waals surface area contributed by atoms with Crippen LogP contribution in [0.5, 0.6) is 0 Å². The Morgan fingerprint density at radius 1 is 1.29 bits per heavy atom. The van der Waals surface area contributed by atoms with E-state index in [4.69, 9.17) is 5.11 Å². The molecule has 1 heterocycles. The van der Waals surface area contributed by atoms with Gasteiger partial charge in [0.2, 0.25) is 11.8 Å². The second-order valence-corrected chi connectivity index (χ2v) is 6.22. The first kappa shape index (κ1) is 16.2. The van der Waals surface area contributed by atoms with Crippen molar-refractivity contribution >= 4 is 11.8 Å². The molecule has 0 aromatic rings. The van der Waals surface area contributed by atoms with Crippen molar-refractivity contribution in [1.29, 1.82) is 0 Å². The lowest BCUT2D eigenvalue weighted by Gasteiger charge is -2.35. The fraction of sp³-hybridized carbons (Fsp3) is 0.867. The normalized spacial score (nSPS) is 22.9. The van der Waals surface area contributed by atoms with E-state index in [1.165, 1.54) is 4.90 Å². The lowest BCUT2D eigenvalue weighted by molar-refractivity contribution is -0.136. The Morgan fingerprint density at radius 3 is 2.71 bits per heavy atom. The summed E-state index contributed by atoms with van der Waals surface area (Å²) in [6.45, 7) is 1.54. The maximum Gasteiger partial charge on any atom is 0.239 e. The van der Waals surface area contributed by atoms with E-state index < -0.39 is 0 Å². The summed E-state index contributed by atoms with van der Waals surface area (Å²) in [6.07, 6.45) is 6.13. The number of piperidine rings is 1. The molecule has 0 spiro atoms. The molecule has 0 aromatic heterocycles. The maximum atomic E-state index is 12.2. The molecule has 1 saturated carbocycles. The first-order valence-electron chi connectivity index (χ1n) is 7.98. The second kappa shape index (κ2) is 7.75. The molecule has 0 radical (unpaired) electrons. The Labute approximate surface area is 126 Å². The summed E-state index contributed by atoms with van der Waals surface area (Å²) >= 11 is 0. The molecule has 6 heteroatoms. The molecule has 2 amide bonds. The fourth-order valence-electron chi connectivity index (χ4n) is 2.84. The molecule has 0 bridgehead atoms. The summed E-state index contributed by atoms with van der Waals surface area (Å²) in [4.78, 5) is 27.6. The van der Waals surface area contributed by atoms with Crippen LogP contribution in [0, 0.1) is 0 Å². The number of carbonyl (C=O) groups excluding carboxylic acids is 2. The molecule has 2 rings (SSSR count). The summed E-state index contributed by atoms with van der Waals surface area (Å²) in [7, 11) is 1.68. The van der Waals surface area contributed by atoms with Gasteiger partial charge in [0, 0.05) is 25.7 Å². The van der Waals surface area contributed by atoms with Crippen molar-refractivity contribution in [2.24, 2.45) is 0 Å². The highest BCUT2D eigenvalue weighted by Gasteiger charge is 2.27. The van der Waals surface area contributed by atoms with Gasteiger partial charge in [-0.15, -0.1) is 0 Å². The Balaban J connectivity index is 1.76. The second-order valence-electron chi connectivity index (χ2n) is 6.22. The van der Waals surface area contributed by atoms with Crippen LogP contribution < -0.4 is 5.32 Å². The molecule has 1 unspecified atom stereocenters. The van der Waals surface area contributed by atoms with E-state index in [-0.39, 0.29) is 25.0 Å². The van der Waals surface area contributed by atoms with Crippen LogP contribution in [-0.2, 0) is 9.59 Å². The highest BCUT2D eigenvalue weighted by atomic mass is 16.3. The quantitative estimate of drug-likeness (QED) is 0.692. The third-order valence-corrected chi connectivity index (χ3v) is 4.30. The molecule has 21 heavy (non-hydrogen) atoms. The van der Waals surface area contributed by atoms with Gasteiger partial charge in [0.15, 0.2) is 0 Å². The molecule has 1 atom stereocenters. The third kappa shape index (κ3) is 5.28. The number of likely N-dealkylation sites (tertiary alicyclic amines) is 1. The predicted octanol–water partition coefficient (Wildman–Crippen LogP) is -0.0397. The minimum absolute atomic E-state index is 0.0224. The van der Waals surface area contributed by atoms with E-state index in [0.29, 0.717) is 18.6 Å². The van der Waals surface area contributed by atoms with Crippen LogP contribution in [0.2, 0.25) is 0 Å². The van der Waals surface area contributed by atoms with Gasteiger partial charge in [-0.3, -0.25) is 14.5 Å². The Hall–Kier alpha value is -1.14. The van der Waals surface area contributed by atoms with Crippen molar-refractivity contribution in [3.05, 3.63) is 0 Å². The van der Waals surface area contributed by atoms with Crippen LogP contribution in [-0.4, -0.2) is 72.1 Å². The summed E-state index contributed by atoms with van der Waals surface area (Å²) in [5.41, 5.74) is 0. The minimum atomic E-state index is -0.0705. The van der Waals surface area contributed by atoms with Crippen LogP contribution in [0.15, 0.2) is 0 Å². The molecule has 120 valence electrons. The summed E-state index contributed by atoms with van der Waals surface area (Å²) in [5.74, 6) is -0.0929. The van der Waals surface area contributed by atoms with Gasteiger partial charge in [0.25, 0.3) is 0 Å². The van der Waals surface area contributed by atoms with E-state index >= 15 is 0 Å². The Kier molecular flexibility index (Phi) is 5.99. The molecule has 2 N–H and O–H groups in total. The number of nitrogens with one attached hydrogen (secondary N) is 1. The molecule has 2 fully saturated rings. The largest absolute Gasteiger partial charge is 0.396 e. The zero-order valence-corrected chi connectivity index (χ0v) is 12.9. The fourth-order valence-corrected chi connectivity index (χ4v) is 2.84. The number of rotatable bonds is 7. The standard InChI is InChI=1S/C15H27N3O3/c1-17(10-14(20)16-12-5-6-12)15(21)11-18-8-3-2-4-13(18)7-9-19/h12-13,19H,2-11H2,1H3,(H,16,20). The smallest absolute Gasteiger partial charge is 0.239 e. The zero-order chi connectivity index (χ0) is 15.2. The monoisotopic (exact) mass is 297 g/mol. The van der Waals surface area contributed by atoms with Gasteiger partial charge in [-0.1, -0.05) is 6.42 Å². The molecular formula is C15H27N3O3. The third-order valence-electron chi connectivity index (χ3n) is 4.30. The first-order valence-corrected chi connectivity index (χ1v) is 7.98. The lowest BCUT2D eigenvalue weighted by atomic mass is 9.99. The highest BCUT2D eigenvalue weighted by molar-refractivity contribution is 5.85. The molecule has 1 saturated heterocycles. The van der Waals surface area contributed by atoms with Gasteiger partial charge in [-0.2, -0.15) is 0 Å². The number of aliphatic hydroxyl groups excluding tert-OH is 1. The average Bonchev–Trinajstić information content (AvgIpc) is 3.24. The molecule has 2 aliphatic rings. The average molecular weight is 297 g/mol. The maximum absolute atomic E-state index is 12.2. The topological polar surface area (TPSA) is 72.9 Å². The van der Waals surface area contributed by atoms with Crippen molar-refractivity contribution in [2.75, 3.05) is 33.3 Å². The number of likely N-dealkylation sites (N-methyl/N-ethyl adjacent to an activating group) is 1. The van der Waals surface area contributed by atoms with Crippen molar-refractivity contribution in [3.63, 3.8) is 0 Å². The highest BCUT2D eigenvalue weighted by Crippen LogP contribution is 2.19.